The minimum atomic E-state index is 0.00995. The molecule has 1 aromatic rings. The van der Waals surface area contributed by atoms with Gasteiger partial charge in [0.25, 0.3) is 0 Å². The smallest absolute Gasteiger partial charge is 0.227 e. The van der Waals surface area contributed by atoms with Crippen LogP contribution in [0.3, 0.4) is 0 Å². The lowest BCUT2D eigenvalue weighted by Crippen LogP contribution is -2.19. The number of aldehydes is 1. The van der Waals surface area contributed by atoms with E-state index >= 15 is 0 Å². The molecule has 0 radical (unpaired) electrons. The summed E-state index contributed by atoms with van der Waals surface area (Å²) in [5, 5.41) is 2.79. The standard InChI is InChI=1S/C12H15NO2/c1-3-9(2)12(15)13-11-6-4-10(8-14)5-7-11/h4-9H,3H2,1-2H3,(H,13,15). The average Bonchev–Trinajstić information content (AvgIpc) is 2.29. The van der Waals surface area contributed by atoms with Crippen molar-refractivity contribution in [3.8, 4) is 0 Å². The van der Waals surface area contributed by atoms with Crippen LogP contribution in [0.4, 0.5) is 5.69 Å². The van der Waals surface area contributed by atoms with Crippen molar-refractivity contribution in [2.24, 2.45) is 5.92 Å². The zero-order chi connectivity index (χ0) is 11.3. The summed E-state index contributed by atoms with van der Waals surface area (Å²) in [7, 11) is 0. The Labute approximate surface area is 89.5 Å². The van der Waals surface area contributed by atoms with Gasteiger partial charge >= 0.3 is 0 Å². The lowest BCUT2D eigenvalue weighted by molar-refractivity contribution is -0.119. The number of amides is 1. The van der Waals surface area contributed by atoms with Crippen molar-refractivity contribution in [2.75, 3.05) is 5.32 Å². The lowest BCUT2D eigenvalue weighted by atomic mass is 10.1. The molecule has 0 saturated carbocycles. The summed E-state index contributed by atoms with van der Waals surface area (Å²) in [6, 6.07) is 6.81. The maximum atomic E-state index is 11.5. The third-order valence-electron chi connectivity index (χ3n) is 2.37. The molecule has 0 aliphatic carbocycles. The van der Waals surface area contributed by atoms with Crippen molar-refractivity contribution in [1.82, 2.24) is 0 Å². The third kappa shape index (κ3) is 3.20. The molecule has 3 nitrogen and oxygen atoms in total. The molecule has 0 saturated heterocycles. The summed E-state index contributed by atoms with van der Waals surface area (Å²) < 4.78 is 0. The van der Waals surface area contributed by atoms with Crippen LogP contribution in [0.5, 0.6) is 0 Å². The number of rotatable bonds is 4. The van der Waals surface area contributed by atoms with E-state index in [2.05, 4.69) is 5.32 Å². The van der Waals surface area contributed by atoms with Gasteiger partial charge < -0.3 is 5.32 Å². The van der Waals surface area contributed by atoms with Crippen molar-refractivity contribution >= 4 is 17.9 Å². The van der Waals surface area contributed by atoms with Gasteiger partial charge in [-0.25, -0.2) is 0 Å². The van der Waals surface area contributed by atoms with Gasteiger partial charge in [-0.3, -0.25) is 9.59 Å². The number of hydrogen-bond acceptors (Lipinski definition) is 2. The fourth-order valence-corrected chi connectivity index (χ4v) is 1.10. The van der Waals surface area contributed by atoms with Gasteiger partial charge in [-0.1, -0.05) is 13.8 Å². The first-order valence-electron chi connectivity index (χ1n) is 5.03. The molecule has 1 amide bonds. The topological polar surface area (TPSA) is 46.2 Å². The molecule has 1 atom stereocenters. The first kappa shape index (κ1) is 11.4. The molecular weight excluding hydrogens is 190 g/mol. The molecule has 15 heavy (non-hydrogen) atoms. The number of carbonyl (C=O) groups is 2. The summed E-state index contributed by atoms with van der Waals surface area (Å²) in [6.07, 6.45) is 1.60. The fraction of sp³-hybridized carbons (Fsp3) is 0.333. The highest BCUT2D eigenvalue weighted by atomic mass is 16.1. The molecule has 0 bridgehead atoms. The van der Waals surface area contributed by atoms with E-state index in [0.717, 1.165) is 18.4 Å². The van der Waals surface area contributed by atoms with E-state index in [4.69, 9.17) is 0 Å². The van der Waals surface area contributed by atoms with Crippen molar-refractivity contribution in [2.45, 2.75) is 20.3 Å². The van der Waals surface area contributed by atoms with E-state index in [0.29, 0.717) is 5.56 Å². The first-order chi connectivity index (χ1) is 7.17. The highest BCUT2D eigenvalue weighted by Crippen LogP contribution is 2.11. The van der Waals surface area contributed by atoms with Crippen molar-refractivity contribution in [1.29, 1.82) is 0 Å². The minimum Gasteiger partial charge on any atom is -0.326 e. The van der Waals surface area contributed by atoms with Gasteiger partial charge in [-0.15, -0.1) is 0 Å². The molecule has 80 valence electrons. The Morgan fingerprint density at radius 3 is 2.47 bits per heavy atom. The number of nitrogens with one attached hydrogen (secondary N) is 1. The summed E-state index contributed by atoms with van der Waals surface area (Å²) in [4.78, 5) is 21.9. The highest BCUT2D eigenvalue weighted by molar-refractivity contribution is 5.92. The molecule has 0 heterocycles. The predicted molar refractivity (Wildman–Crippen MR) is 59.9 cm³/mol. The van der Waals surface area contributed by atoms with Gasteiger partial charge in [-0.05, 0) is 30.7 Å². The Morgan fingerprint density at radius 2 is 2.00 bits per heavy atom. The Bertz CT molecular complexity index is 343. The number of carbonyl (C=O) groups excluding carboxylic acids is 2. The second kappa shape index (κ2) is 5.29. The van der Waals surface area contributed by atoms with Crippen molar-refractivity contribution in [3.63, 3.8) is 0 Å². The van der Waals surface area contributed by atoms with Crippen LogP contribution in [0.25, 0.3) is 0 Å². The molecule has 0 spiro atoms. The second-order valence-electron chi connectivity index (χ2n) is 3.54. The normalized spacial score (nSPS) is 11.9. The number of hydrogen-bond donors (Lipinski definition) is 1. The molecule has 0 fully saturated rings. The van der Waals surface area contributed by atoms with Crippen molar-refractivity contribution in [3.05, 3.63) is 29.8 Å². The second-order valence-corrected chi connectivity index (χ2v) is 3.54. The molecule has 0 aliphatic heterocycles. The van der Waals surface area contributed by atoms with Crippen LogP contribution in [-0.2, 0) is 4.79 Å². The van der Waals surface area contributed by atoms with E-state index in [1.165, 1.54) is 0 Å². The van der Waals surface area contributed by atoms with Gasteiger partial charge in [0.1, 0.15) is 6.29 Å². The zero-order valence-corrected chi connectivity index (χ0v) is 8.99. The predicted octanol–water partition coefficient (Wildman–Crippen LogP) is 2.48. The zero-order valence-electron chi connectivity index (χ0n) is 8.99. The summed E-state index contributed by atoms with van der Waals surface area (Å²) in [5.41, 5.74) is 1.34. The Kier molecular flexibility index (Phi) is 4.03. The van der Waals surface area contributed by atoms with Gasteiger partial charge in [0.2, 0.25) is 5.91 Å². The van der Waals surface area contributed by atoms with Gasteiger partial charge in [0.15, 0.2) is 0 Å². The first-order valence-corrected chi connectivity index (χ1v) is 5.03. The fourth-order valence-electron chi connectivity index (χ4n) is 1.10. The van der Waals surface area contributed by atoms with E-state index in [9.17, 15) is 9.59 Å². The van der Waals surface area contributed by atoms with Crippen LogP contribution in [0, 0.1) is 5.92 Å². The molecule has 3 heteroatoms. The van der Waals surface area contributed by atoms with Crippen LogP contribution >= 0.6 is 0 Å². The van der Waals surface area contributed by atoms with Crippen LogP contribution in [0.2, 0.25) is 0 Å². The molecule has 1 rings (SSSR count). The average molecular weight is 205 g/mol. The summed E-state index contributed by atoms with van der Waals surface area (Å²) in [5.74, 6) is 0.0205. The third-order valence-corrected chi connectivity index (χ3v) is 2.37. The Hall–Kier alpha value is -1.64. The molecule has 0 aromatic heterocycles. The van der Waals surface area contributed by atoms with Gasteiger partial charge in [0.05, 0.1) is 0 Å². The van der Waals surface area contributed by atoms with Crippen LogP contribution < -0.4 is 5.32 Å². The van der Waals surface area contributed by atoms with Crippen LogP contribution in [-0.4, -0.2) is 12.2 Å². The highest BCUT2D eigenvalue weighted by Gasteiger charge is 2.09. The molecule has 1 unspecified atom stereocenters. The number of benzene rings is 1. The Morgan fingerprint density at radius 1 is 1.40 bits per heavy atom. The summed E-state index contributed by atoms with van der Waals surface area (Å²) >= 11 is 0. The number of anilines is 1. The van der Waals surface area contributed by atoms with E-state index in [1.54, 1.807) is 24.3 Å². The maximum Gasteiger partial charge on any atom is 0.227 e. The van der Waals surface area contributed by atoms with E-state index < -0.39 is 0 Å². The molecule has 0 aliphatic rings. The summed E-state index contributed by atoms with van der Waals surface area (Å²) in [6.45, 7) is 3.86. The van der Waals surface area contributed by atoms with E-state index in [-0.39, 0.29) is 11.8 Å². The largest absolute Gasteiger partial charge is 0.326 e. The molecule has 1 aromatic carbocycles. The SMILES string of the molecule is CCC(C)C(=O)Nc1ccc(C=O)cc1. The quantitative estimate of drug-likeness (QED) is 0.767. The van der Waals surface area contributed by atoms with Crippen LogP contribution in [0.1, 0.15) is 30.6 Å². The monoisotopic (exact) mass is 205 g/mol. The van der Waals surface area contributed by atoms with Gasteiger partial charge in [-0.2, -0.15) is 0 Å². The van der Waals surface area contributed by atoms with Crippen molar-refractivity contribution < 1.29 is 9.59 Å². The lowest BCUT2D eigenvalue weighted by Gasteiger charge is -2.09. The molecule has 1 N–H and O–H groups in total. The van der Waals surface area contributed by atoms with Crippen LogP contribution in [0.15, 0.2) is 24.3 Å². The Balaban J connectivity index is 2.65. The van der Waals surface area contributed by atoms with E-state index in [1.807, 2.05) is 13.8 Å². The van der Waals surface area contributed by atoms with Gasteiger partial charge in [0, 0.05) is 17.2 Å². The minimum absolute atomic E-state index is 0.00995. The molecular formula is C12H15NO2. The maximum absolute atomic E-state index is 11.5.